The van der Waals surface area contributed by atoms with Gasteiger partial charge in [0.2, 0.25) is 0 Å². The van der Waals surface area contributed by atoms with Crippen molar-refractivity contribution in [3.8, 4) is 6.07 Å². The topological polar surface area (TPSA) is 62.1 Å². The summed E-state index contributed by atoms with van der Waals surface area (Å²) in [6.45, 7) is 1.75. The first-order chi connectivity index (χ1) is 8.58. The van der Waals surface area contributed by atoms with Crippen LogP contribution >= 0.6 is 0 Å². The Kier molecular flexibility index (Phi) is 4.81. The fraction of sp³-hybridized carbons (Fsp3) is 0.167. The number of nitrogens with zero attached hydrogens (tertiary/aromatic N) is 1. The summed E-state index contributed by atoms with van der Waals surface area (Å²) in [5.74, 6) is -2.78. The second-order valence-electron chi connectivity index (χ2n) is 3.16. The summed E-state index contributed by atoms with van der Waals surface area (Å²) in [6, 6.07) is 4.75. The van der Waals surface area contributed by atoms with Gasteiger partial charge >= 0.3 is 5.97 Å². The van der Waals surface area contributed by atoms with Gasteiger partial charge in [-0.15, -0.1) is 0 Å². The van der Waals surface area contributed by atoms with Gasteiger partial charge in [-0.05, 0) is 19.1 Å². The zero-order chi connectivity index (χ0) is 13.5. The number of hydrogen-bond donors (Lipinski definition) is 1. The van der Waals surface area contributed by atoms with Crippen LogP contribution in [-0.4, -0.2) is 12.6 Å². The molecule has 4 nitrogen and oxygen atoms in total. The highest BCUT2D eigenvalue weighted by molar-refractivity contribution is 5.93. The molecule has 0 heterocycles. The van der Waals surface area contributed by atoms with E-state index < -0.39 is 17.6 Å². The molecule has 0 bridgehead atoms. The van der Waals surface area contributed by atoms with Crippen molar-refractivity contribution in [3.05, 3.63) is 41.6 Å². The summed E-state index contributed by atoms with van der Waals surface area (Å²) in [7, 11) is 0. The quantitative estimate of drug-likeness (QED) is 0.507. The molecule has 6 heteroatoms. The molecule has 0 unspecified atom stereocenters. The molecule has 0 fully saturated rings. The Morgan fingerprint density at radius 3 is 2.78 bits per heavy atom. The van der Waals surface area contributed by atoms with Gasteiger partial charge in [-0.25, -0.2) is 13.6 Å². The normalized spacial score (nSPS) is 10.7. The number of ether oxygens (including phenoxy) is 1. The Bertz CT molecular complexity index is 521. The fourth-order valence-electron chi connectivity index (χ4n) is 1.09. The van der Waals surface area contributed by atoms with Gasteiger partial charge in [0.1, 0.15) is 6.07 Å². The van der Waals surface area contributed by atoms with E-state index >= 15 is 0 Å². The maximum atomic E-state index is 12.9. The van der Waals surface area contributed by atoms with Crippen LogP contribution in [0.3, 0.4) is 0 Å². The first kappa shape index (κ1) is 13.6. The molecular weight excluding hydrogens is 242 g/mol. The average molecular weight is 252 g/mol. The van der Waals surface area contributed by atoms with E-state index in [1.165, 1.54) is 6.07 Å². The SMILES string of the molecule is CCOC(=O)C(C#N)=CNc1ccc(F)c(F)c1. The van der Waals surface area contributed by atoms with Crippen molar-refractivity contribution in [2.24, 2.45) is 0 Å². The molecule has 0 saturated heterocycles. The van der Waals surface area contributed by atoms with Crippen molar-refractivity contribution in [2.45, 2.75) is 6.92 Å². The smallest absolute Gasteiger partial charge is 0.350 e. The zero-order valence-corrected chi connectivity index (χ0v) is 9.54. The highest BCUT2D eigenvalue weighted by atomic mass is 19.2. The van der Waals surface area contributed by atoms with Gasteiger partial charge in [-0.3, -0.25) is 0 Å². The van der Waals surface area contributed by atoms with Crippen molar-refractivity contribution in [2.75, 3.05) is 11.9 Å². The Balaban J connectivity index is 2.80. The fourth-order valence-corrected chi connectivity index (χ4v) is 1.09. The maximum Gasteiger partial charge on any atom is 0.350 e. The Morgan fingerprint density at radius 2 is 2.22 bits per heavy atom. The Labute approximate surface area is 102 Å². The molecule has 0 aromatic heterocycles. The summed E-state index contributed by atoms with van der Waals surface area (Å²) in [4.78, 5) is 11.2. The lowest BCUT2D eigenvalue weighted by molar-refractivity contribution is -0.138. The van der Waals surface area contributed by atoms with Crippen molar-refractivity contribution >= 4 is 11.7 Å². The number of anilines is 1. The van der Waals surface area contributed by atoms with E-state index in [1.54, 1.807) is 13.0 Å². The number of carbonyl (C=O) groups excluding carboxylic acids is 1. The van der Waals surface area contributed by atoms with Gasteiger partial charge in [0.15, 0.2) is 17.2 Å². The Hall–Kier alpha value is -2.42. The number of esters is 1. The van der Waals surface area contributed by atoms with Crippen molar-refractivity contribution in [1.29, 1.82) is 5.26 Å². The van der Waals surface area contributed by atoms with Gasteiger partial charge in [0, 0.05) is 18.0 Å². The molecule has 0 atom stereocenters. The molecule has 0 aliphatic heterocycles. The zero-order valence-electron chi connectivity index (χ0n) is 9.54. The van der Waals surface area contributed by atoms with Crippen LogP contribution in [0.4, 0.5) is 14.5 Å². The molecule has 0 amide bonds. The van der Waals surface area contributed by atoms with E-state index in [0.717, 1.165) is 18.3 Å². The number of rotatable bonds is 4. The third kappa shape index (κ3) is 3.56. The molecule has 1 rings (SSSR count). The minimum atomic E-state index is -1.02. The lowest BCUT2D eigenvalue weighted by Crippen LogP contribution is -2.08. The molecular formula is C12H10F2N2O2. The molecule has 1 N–H and O–H groups in total. The minimum absolute atomic E-state index is 0.142. The molecule has 0 spiro atoms. The second-order valence-corrected chi connectivity index (χ2v) is 3.16. The highest BCUT2D eigenvalue weighted by Crippen LogP contribution is 2.13. The van der Waals surface area contributed by atoms with E-state index in [1.807, 2.05) is 0 Å². The predicted octanol–water partition coefficient (Wildman–Crippen LogP) is 2.35. The lowest BCUT2D eigenvalue weighted by Gasteiger charge is -2.03. The van der Waals surface area contributed by atoms with Crippen molar-refractivity contribution in [3.63, 3.8) is 0 Å². The molecule has 94 valence electrons. The largest absolute Gasteiger partial charge is 0.462 e. The monoisotopic (exact) mass is 252 g/mol. The molecule has 1 aromatic rings. The number of halogens is 2. The summed E-state index contributed by atoms with van der Waals surface area (Å²) < 4.78 is 30.1. The number of carbonyl (C=O) groups is 1. The summed E-state index contributed by atoms with van der Waals surface area (Å²) in [5.41, 5.74) is -0.0486. The summed E-state index contributed by atoms with van der Waals surface area (Å²) in [5, 5.41) is 11.2. The molecule has 0 aliphatic carbocycles. The standard InChI is InChI=1S/C12H10F2N2O2/c1-2-18-12(17)8(6-15)7-16-9-3-4-10(13)11(14)5-9/h3-5,7,16H,2H2,1H3. The number of nitrogens with one attached hydrogen (secondary N) is 1. The highest BCUT2D eigenvalue weighted by Gasteiger charge is 2.09. The van der Waals surface area contributed by atoms with Crippen LogP contribution in [-0.2, 0) is 9.53 Å². The van der Waals surface area contributed by atoms with Crippen LogP contribution in [0.5, 0.6) is 0 Å². The third-order valence-corrected chi connectivity index (χ3v) is 1.92. The van der Waals surface area contributed by atoms with E-state index in [4.69, 9.17) is 5.26 Å². The number of nitriles is 1. The van der Waals surface area contributed by atoms with E-state index in [0.29, 0.717) is 0 Å². The van der Waals surface area contributed by atoms with Crippen LogP contribution < -0.4 is 5.32 Å². The van der Waals surface area contributed by atoms with Crippen LogP contribution in [0, 0.1) is 23.0 Å². The Morgan fingerprint density at radius 1 is 1.50 bits per heavy atom. The predicted molar refractivity (Wildman–Crippen MR) is 60.3 cm³/mol. The third-order valence-electron chi connectivity index (χ3n) is 1.92. The number of benzene rings is 1. The van der Waals surface area contributed by atoms with Crippen LogP contribution in [0.25, 0.3) is 0 Å². The summed E-state index contributed by atoms with van der Waals surface area (Å²) in [6.07, 6.45) is 1.07. The van der Waals surface area contributed by atoms with Crippen LogP contribution in [0.2, 0.25) is 0 Å². The minimum Gasteiger partial charge on any atom is -0.462 e. The molecule has 0 radical (unpaired) electrons. The lowest BCUT2D eigenvalue weighted by atomic mass is 10.3. The van der Waals surface area contributed by atoms with Gasteiger partial charge < -0.3 is 10.1 Å². The van der Waals surface area contributed by atoms with E-state index in [2.05, 4.69) is 10.1 Å². The second kappa shape index (κ2) is 6.35. The maximum absolute atomic E-state index is 12.9. The average Bonchev–Trinajstić information content (AvgIpc) is 2.34. The van der Waals surface area contributed by atoms with E-state index in [9.17, 15) is 13.6 Å². The first-order valence-corrected chi connectivity index (χ1v) is 5.07. The molecule has 1 aromatic carbocycles. The summed E-state index contributed by atoms with van der Waals surface area (Å²) >= 11 is 0. The molecule has 18 heavy (non-hydrogen) atoms. The van der Waals surface area contributed by atoms with Crippen molar-refractivity contribution < 1.29 is 18.3 Å². The molecule has 0 aliphatic rings. The van der Waals surface area contributed by atoms with Crippen molar-refractivity contribution in [1.82, 2.24) is 0 Å². The molecule has 0 saturated carbocycles. The van der Waals surface area contributed by atoms with Crippen LogP contribution in [0.1, 0.15) is 6.92 Å². The van der Waals surface area contributed by atoms with Gasteiger partial charge in [-0.1, -0.05) is 0 Å². The van der Waals surface area contributed by atoms with Crippen LogP contribution in [0.15, 0.2) is 30.0 Å². The van der Waals surface area contributed by atoms with Gasteiger partial charge in [0.05, 0.1) is 6.61 Å². The van der Waals surface area contributed by atoms with Gasteiger partial charge in [0.25, 0.3) is 0 Å². The van der Waals surface area contributed by atoms with E-state index in [-0.39, 0.29) is 17.9 Å². The van der Waals surface area contributed by atoms with Gasteiger partial charge in [-0.2, -0.15) is 5.26 Å². The number of hydrogen-bond acceptors (Lipinski definition) is 4. The first-order valence-electron chi connectivity index (χ1n) is 5.07.